The lowest BCUT2D eigenvalue weighted by molar-refractivity contribution is 0.270. The highest BCUT2D eigenvalue weighted by Gasteiger charge is 2.31. The molecular formula is C10H19N5. The third kappa shape index (κ3) is 2.12. The number of rotatable bonds is 2. The summed E-state index contributed by atoms with van der Waals surface area (Å²) in [6.07, 6.45) is 2.37. The molecule has 0 radical (unpaired) electrons. The van der Waals surface area contributed by atoms with Crippen molar-refractivity contribution in [2.75, 3.05) is 24.5 Å². The topological polar surface area (TPSA) is 70.8 Å². The molecule has 0 aliphatic carbocycles. The largest absolute Gasteiger partial charge is 0.339 e. The van der Waals surface area contributed by atoms with Crippen LogP contribution in [0.15, 0.2) is 0 Å². The van der Waals surface area contributed by atoms with Gasteiger partial charge in [-0.05, 0) is 31.7 Å². The molecule has 84 valence electrons. The number of hydrogen-bond acceptors (Lipinski definition) is 4. The van der Waals surface area contributed by atoms with E-state index in [1.54, 1.807) is 0 Å². The van der Waals surface area contributed by atoms with Gasteiger partial charge in [-0.15, -0.1) is 5.10 Å². The van der Waals surface area contributed by atoms with Crippen molar-refractivity contribution >= 4 is 5.95 Å². The maximum Gasteiger partial charge on any atom is 0.244 e. The van der Waals surface area contributed by atoms with E-state index in [2.05, 4.69) is 27.0 Å². The molecule has 1 aliphatic heterocycles. The van der Waals surface area contributed by atoms with E-state index in [9.17, 15) is 0 Å². The molecule has 1 aliphatic rings. The Morgan fingerprint density at radius 2 is 2.40 bits per heavy atom. The van der Waals surface area contributed by atoms with Gasteiger partial charge in [-0.1, -0.05) is 6.92 Å². The van der Waals surface area contributed by atoms with Gasteiger partial charge in [0.2, 0.25) is 5.95 Å². The van der Waals surface area contributed by atoms with Gasteiger partial charge < -0.3 is 10.6 Å². The van der Waals surface area contributed by atoms with Crippen LogP contribution in [0.2, 0.25) is 0 Å². The summed E-state index contributed by atoms with van der Waals surface area (Å²) in [6, 6.07) is 0. The van der Waals surface area contributed by atoms with Gasteiger partial charge in [-0.2, -0.15) is 4.98 Å². The van der Waals surface area contributed by atoms with Crippen molar-refractivity contribution in [1.82, 2.24) is 15.2 Å². The second-order valence-electron chi connectivity index (χ2n) is 4.76. The zero-order chi connectivity index (χ0) is 10.9. The molecule has 0 bridgehead atoms. The molecule has 1 unspecified atom stereocenters. The van der Waals surface area contributed by atoms with Crippen LogP contribution in [-0.2, 0) is 0 Å². The number of H-pyrrole nitrogens is 1. The first-order valence-electron chi connectivity index (χ1n) is 5.47. The summed E-state index contributed by atoms with van der Waals surface area (Å²) < 4.78 is 0. The van der Waals surface area contributed by atoms with Gasteiger partial charge in [0.25, 0.3) is 0 Å². The van der Waals surface area contributed by atoms with Crippen LogP contribution in [0.1, 0.15) is 25.6 Å². The summed E-state index contributed by atoms with van der Waals surface area (Å²) in [5, 5.41) is 7.07. The predicted octanol–water partition coefficient (Wildman–Crippen LogP) is 0.678. The van der Waals surface area contributed by atoms with Crippen molar-refractivity contribution < 1.29 is 0 Å². The summed E-state index contributed by atoms with van der Waals surface area (Å²) in [5.41, 5.74) is 6.02. The Hall–Kier alpha value is -1.10. The number of aromatic amines is 1. The monoisotopic (exact) mass is 209 g/mol. The Morgan fingerprint density at radius 1 is 1.60 bits per heavy atom. The first-order chi connectivity index (χ1) is 7.13. The Kier molecular flexibility index (Phi) is 2.65. The number of aromatic nitrogens is 3. The molecule has 0 saturated carbocycles. The van der Waals surface area contributed by atoms with Crippen molar-refractivity contribution in [1.29, 1.82) is 0 Å². The van der Waals surface area contributed by atoms with Crippen molar-refractivity contribution in [3.8, 4) is 0 Å². The van der Waals surface area contributed by atoms with E-state index in [4.69, 9.17) is 5.73 Å². The lowest BCUT2D eigenvalue weighted by atomic mass is 9.82. The maximum atomic E-state index is 5.81. The smallest absolute Gasteiger partial charge is 0.244 e. The number of piperidine rings is 1. The number of nitrogens with zero attached hydrogens (tertiary/aromatic N) is 3. The van der Waals surface area contributed by atoms with E-state index in [1.807, 2.05) is 6.92 Å². The average Bonchev–Trinajstić information content (AvgIpc) is 2.65. The standard InChI is InChI=1S/C10H19N5/c1-8-12-9(14-13-8)15-5-3-4-10(2,6-11)7-15/h3-7,11H2,1-2H3,(H,12,13,14). The van der Waals surface area contributed by atoms with Crippen molar-refractivity contribution in [2.45, 2.75) is 26.7 Å². The minimum Gasteiger partial charge on any atom is -0.339 e. The van der Waals surface area contributed by atoms with Gasteiger partial charge in [-0.25, -0.2) is 0 Å². The van der Waals surface area contributed by atoms with E-state index in [0.717, 1.165) is 31.4 Å². The highest BCUT2D eigenvalue weighted by molar-refractivity contribution is 5.30. The maximum absolute atomic E-state index is 5.81. The highest BCUT2D eigenvalue weighted by Crippen LogP contribution is 2.29. The second kappa shape index (κ2) is 3.81. The summed E-state index contributed by atoms with van der Waals surface area (Å²) >= 11 is 0. The summed E-state index contributed by atoms with van der Waals surface area (Å²) in [4.78, 5) is 6.57. The molecule has 1 aromatic heterocycles. The lowest BCUT2D eigenvalue weighted by Crippen LogP contribution is -2.46. The molecule has 1 atom stereocenters. The summed E-state index contributed by atoms with van der Waals surface area (Å²) in [7, 11) is 0. The molecular weight excluding hydrogens is 190 g/mol. The third-order valence-corrected chi connectivity index (χ3v) is 3.14. The number of nitrogens with one attached hydrogen (secondary N) is 1. The first kappa shape index (κ1) is 10.4. The van der Waals surface area contributed by atoms with Crippen LogP contribution in [0.3, 0.4) is 0 Å². The van der Waals surface area contributed by atoms with E-state index in [0.29, 0.717) is 0 Å². The quantitative estimate of drug-likeness (QED) is 0.751. The van der Waals surface area contributed by atoms with Gasteiger partial charge in [0.15, 0.2) is 0 Å². The number of hydrogen-bond donors (Lipinski definition) is 2. The van der Waals surface area contributed by atoms with Crippen LogP contribution in [0.4, 0.5) is 5.95 Å². The molecule has 5 heteroatoms. The van der Waals surface area contributed by atoms with Crippen molar-refractivity contribution in [3.63, 3.8) is 0 Å². The molecule has 1 fully saturated rings. The van der Waals surface area contributed by atoms with Crippen molar-refractivity contribution in [3.05, 3.63) is 5.82 Å². The van der Waals surface area contributed by atoms with Crippen LogP contribution < -0.4 is 10.6 Å². The van der Waals surface area contributed by atoms with E-state index < -0.39 is 0 Å². The minimum atomic E-state index is 0.215. The Balaban J connectivity index is 2.11. The fraction of sp³-hybridized carbons (Fsp3) is 0.800. The third-order valence-electron chi connectivity index (χ3n) is 3.14. The minimum absolute atomic E-state index is 0.215. The molecule has 3 N–H and O–H groups in total. The van der Waals surface area contributed by atoms with Crippen LogP contribution in [0.5, 0.6) is 0 Å². The average molecular weight is 209 g/mol. The second-order valence-corrected chi connectivity index (χ2v) is 4.76. The zero-order valence-corrected chi connectivity index (χ0v) is 9.45. The normalized spacial score (nSPS) is 27.0. The summed E-state index contributed by atoms with van der Waals surface area (Å²) in [6.45, 7) is 6.88. The van der Waals surface area contributed by atoms with E-state index in [-0.39, 0.29) is 5.41 Å². The Bertz CT molecular complexity index is 334. The molecule has 1 aromatic rings. The predicted molar refractivity (Wildman–Crippen MR) is 59.7 cm³/mol. The molecule has 15 heavy (non-hydrogen) atoms. The van der Waals surface area contributed by atoms with Gasteiger partial charge in [0.05, 0.1) is 0 Å². The Labute approximate surface area is 90.1 Å². The van der Waals surface area contributed by atoms with Gasteiger partial charge in [0.1, 0.15) is 5.82 Å². The fourth-order valence-electron chi connectivity index (χ4n) is 2.13. The molecule has 1 saturated heterocycles. The Morgan fingerprint density at radius 3 is 3.00 bits per heavy atom. The van der Waals surface area contributed by atoms with Gasteiger partial charge in [-0.3, -0.25) is 5.10 Å². The molecule has 0 amide bonds. The first-order valence-corrected chi connectivity index (χ1v) is 5.47. The number of nitrogens with two attached hydrogens (primary N) is 1. The SMILES string of the molecule is Cc1nc(N2CCCC(C)(CN)C2)n[nH]1. The van der Waals surface area contributed by atoms with Crippen LogP contribution in [-0.4, -0.2) is 34.8 Å². The van der Waals surface area contributed by atoms with Crippen molar-refractivity contribution in [2.24, 2.45) is 11.1 Å². The van der Waals surface area contributed by atoms with Crippen LogP contribution >= 0.6 is 0 Å². The molecule has 0 aromatic carbocycles. The molecule has 2 rings (SSSR count). The van der Waals surface area contributed by atoms with Gasteiger partial charge >= 0.3 is 0 Å². The molecule has 0 spiro atoms. The van der Waals surface area contributed by atoms with Crippen LogP contribution in [0.25, 0.3) is 0 Å². The molecule has 2 heterocycles. The van der Waals surface area contributed by atoms with E-state index in [1.165, 1.54) is 12.8 Å². The highest BCUT2D eigenvalue weighted by atomic mass is 15.4. The lowest BCUT2D eigenvalue weighted by Gasteiger charge is -2.39. The fourth-order valence-corrected chi connectivity index (χ4v) is 2.13. The zero-order valence-electron chi connectivity index (χ0n) is 9.45. The molecule has 5 nitrogen and oxygen atoms in total. The van der Waals surface area contributed by atoms with Crippen LogP contribution in [0, 0.1) is 12.3 Å². The summed E-state index contributed by atoms with van der Waals surface area (Å²) in [5.74, 6) is 1.68. The number of anilines is 1. The van der Waals surface area contributed by atoms with Gasteiger partial charge in [0, 0.05) is 13.1 Å². The van der Waals surface area contributed by atoms with E-state index >= 15 is 0 Å². The number of aryl methyl sites for hydroxylation is 1.